The highest BCUT2D eigenvalue weighted by molar-refractivity contribution is 5.74. The summed E-state index contributed by atoms with van der Waals surface area (Å²) in [6.45, 7) is 4.30. The van der Waals surface area contributed by atoms with Gasteiger partial charge in [-0.15, -0.1) is 10.2 Å². The number of hydrogen-bond donors (Lipinski definition) is 2. The summed E-state index contributed by atoms with van der Waals surface area (Å²) in [6.07, 6.45) is 8.62. The highest BCUT2D eigenvalue weighted by Gasteiger charge is 2.23. The van der Waals surface area contributed by atoms with Crippen LogP contribution in [-0.4, -0.2) is 26.7 Å². The van der Waals surface area contributed by atoms with Gasteiger partial charge in [0.15, 0.2) is 11.5 Å². The maximum Gasteiger partial charge on any atom is 0.315 e. The van der Waals surface area contributed by atoms with Crippen molar-refractivity contribution in [1.82, 2.24) is 25.2 Å². The van der Waals surface area contributed by atoms with Crippen molar-refractivity contribution >= 4 is 11.7 Å². The third kappa shape index (κ3) is 4.04. The van der Waals surface area contributed by atoms with Gasteiger partial charge in [0.25, 0.3) is 0 Å². The minimum absolute atomic E-state index is 0.0970. The molecule has 0 aromatic carbocycles. The minimum Gasteiger partial charge on any atom is -0.335 e. The van der Waals surface area contributed by atoms with Crippen LogP contribution in [0.25, 0.3) is 5.65 Å². The van der Waals surface area contributed by atoms with Crippen molar-refractivity contribution in [3.63, 3.8) is 0 Å². The van der Waals surface area contributed by atoms with Gasteiger partial charge < -0.3 is 10.6 Å². The van der Waals surface area contributed by atoms with Gasteiger partial charge in [0.2, 0.25) is 0 Å². The monoisotopic (exact) mass is 329 g/mol. The standard InChI is InChI=1S/C18H27N5O/c1-13(2)12-15(17-22-21-16-10-6-7-11-23(16)17)20-18(24)19-14-8-4-3-5-9-14/h6-7,10-11,13-15H,3-5,8-9,12H2,1-2H3,(H2,19,20,24)/t15-/m1/s1. The van der Waals surface area contributed by atoms with E-state index >= 15 is 0 Å². The summed E-state index contributed by atoms with van der Waals surface area (Å²) in [5.74, 6) is 1.24. The molecule has 1 aliphatic carbocycles. The molecule has 2 N–H and O–H groups in total. The lowest BCUT2D eigenvalue weighted by molar-refractivity contribution is 0.226. The summed E-state index contributed by atoms with van der Waals surface area (Å²) in [5, 5.41) is 14.8. The first-order valence-corrected chi connectivity index (χ1v) is 9.00. The molecule has 6 nitrogen and oxygen atoms in total. The molecule has 2 amide bonds. The zero-order valence-electron chi connectivity index (χ0n) is 14.5. The van der Waals surface area contributed by atoms with Gasteiger partial charge in [-0.05, 0) is 37.3 Å². The van der Waals surface area contributed by atoms with Crippen LogP contribution in [0.1, 0.15) is 64.2 Å². The molecular formula is C18H27N5O. The van der Waals surface area contributed by atoms with Gasteiger partial charge in [-0.2, -0.15) is 0 Å². The number of hydrogen-bond acceptors (Lipinski definition) is 3. The summed E-state index contributed by atoms with van der Waals surface area (Å²) in [4.78, 5) is 12.5. The zero-order valence-corrected chi connectivity index (χ0v) is 14.5. The van der Waals surface area contributed by atoms with Crippen LogP contribution in [0.3, 0.4) is 0 Å². The van der Waals surface area contributed by atoms with Gasteiger partial charge >= 0.3 is 6.03 Å². The second-order valence-corrected chi connectivity index (χ2v) is 7.12. The number of amides is 2. The van der Waals surface area contributed by atoms with Crippen LogP contribution in [0, 0.1) is 5.92 Å². The van der Waals surface area contributed by atoms with Crippen molar-refractivity contribution in [1.29, 1.82) is 0 Å². The molecular weight excluding hydrogens is 302 g/mol. The van der Waals surface area contributed by atoms with E-state index in [0.717, 1.165) is 30.7 Å². The van der Waals surface area contributed by atoms with E-state index < -0.39 is 0 Å². The van der Waals surface area contributed by atoms with E-state index in [1.807, 2.05) is 28.8 Å². The Bertz CT molecular complexity index is 675. The zero-order chi connectivity index (χ0) is 16.9. The fraction of sp³-hybridized carbons (Fsp3) is 0.611. The fourth-order valence-corrected chi connectivity index (χ4v) is 3.43. The van der Waals surface area contributed by atoms with Gasteiger partial charge in [0.05, 0.1) is 6.04 Å². The Morgan fingerprint density at radius 2 is 2.04 bits per heavy atom. The van der Waals surface area contributed by atoms with Gasteiger partial charge in [-0.25, -0.2) is 4.79 Å². The summed E-state index contributed by atoms with van der Waals surface area (Å²) < 4.78 is 1.95. The molecule has 1 saturated carbocycles. The number of rotatable bonds is 5. The van der Waals surface area contributed by atoms with Gasteiger partial charge in [-0.3, -0.25) is 4.40 Å². The predicted molar refractivity (Wildman–Crippen MR) is 93.7 cm³/mol. The van der Waals surface area contributed by atoms with E-state index in [0.29, 0.717) is 12.0 Å². The first-order chi connectivity index (χ1) is 11.6. The molecule has 3 rings (SSSR count). The molecule has 1 aliphatic rings. The number of urea groups is 1. The van der Waals surface area contributed by atoms with Gasteiger partial charge in [-0.1, -0.05) is 39.2 Å². The molecule has 2 aromatic rings. The van der Waals surface area contributed by atoms with Gasteiger partial charge in [0, 0.05) is 12.2 Å². The normalized spacial score (nSPS) is 17.1. The Morgan fingerprint density at radius 3 is 2.79 bits per heavy atom. The number of fused-ring (bicyclic) bond motifs is 1. The Hall–Kier alpha value is -2.11. The Morgan fingerprint density at radius 1 is 1.25 bits per heavy atom. The molecule has 1 fully saturated rings. The molecule has 2 aromatic heterocycles. The lowest BCUT2D eigenvalue weighted by atomic mass is 9.96. The number of pyridine rings is 1. The lowest BCUT2D eigenvalue weighted by Crippen LogP contribution is -2.44. The molecule has 2 heterocycles. The van der Waals surface area contributed by atoms with E-state index in [2.05, 4.69) is 34.7 Å². The number of aromatic nitrogens is 3. The van der Waals surface area contributed by atoms with E-state index in [1.54, 1.807) is 0 Å². The van der Waals surface area contributed by atoms with Crippen molar-refractivity contribution in [2.75, 3.05) is 0 Å². The SMILES string of the molecule is CC(C)C[C@@H](NC(=O)NC1CCCCC1)c1nnc2ccccn12. The van der Waals surface area contributed by atoms with Crippen molar-refractivity contribution < 1.29 is 4.79 Å². The average Bonchev–Trinajstić information content (AvgIpc) is 2.98. The van der Waals surface area contributed by atoms with Crippen LogP contribution in [0.2, 0.25) is 0 Å². The largest absolute Gasteiger partial charge is 0.335 e. The van der Waals surface area contributed by atoms with E-state index in [4.69, 9.17) is 0 Å². The van der Waals surface area contributed by atoms with E-state index in [9.17, 15) is 4.79 Å². The quantitative estimate of drug-likeness (QED) is 0.882. The smallest absolute Gasteiger partial charge is 0.315 e. The van der Waals surface area contributed by atoms with Crippen molar-refractivity contribution in [2.24, 2.45) is 5.92 Å². The van der Waals surface area contributed by atoms with Crippen LogP contribution >= 0.6 is 0 Å². The Balaban J connectivity index is 1.72. The second kappa shape index (κ2) is 7.64. The van der Waals surface area contributed by atoms with Crippen molar-refractivity contribution in [3.8, 4) is 0 Å². The molecule has 0 unspecified atom stereocenters. The molecule has 6 heteroatoms. The van der Waals surface area contributed by atoms with Crippen LogP contribution in [-0.2, 0) is 0 Å². The molecule has 0 bridgehead atoms. The summed E-state index contributed by atoms with van der Waals surface area (Å²) in [7, 11) is 0. The molecule has 0 saturated heterocycles. The molecule has 24 heavy (non-hydrogen) atoms. The Kier molecular flexibility index (Phi) is 5.33. The molecule has 0 spiro atoms. The van der Waals surface area contributed by atoms with Crippen LogP contribution in [0.15, 0.2) is 24.4 Å². The van der Waals surface area contributed by atoms with E-state index in [-0.39, 0.29) is 12.1 Å². The summed E-state index contributed by atoms with van der Waals surface area (Å²) >= 11 is 0. The molecule has 0 aliphatic heterocycles. The summed E-state index contributed by atoms with van der Waals surface area (Å²) in [5.41, 5.74) is 0.802. The third-order valence-corrected chi connectivity index (χ3v) is 4.60. The first-order valence-electron chi connectivity index (χ1n) is 9.00. The highest BCUT2D eigenvalue weighted by atomic mass is 16.2. The van der Waals surface area contributed by atoms with Crippen molar-refractivity contribution in [3.05, 3.63) is 30.2 Å². The molecule has 0 radical (unpaired) electrons. The maximum absolute atomic E-state index is 12.5. The third-order valence-electron chi connectivity index (χ3n) is 4.60. The fourth-order valence-electron chi connectivity index (χ4n) is 3.43. The number of nitrogens with one attached hydrogen (secondary N) is 2. The molecule has 1 atom stereocenters. The lowest BCUT2D eigenvalue weighted by Gasteiger charge is -2.25. The van der Waals surface area contributed by atoms with E-state index in [1.165, 1.54) is 19.3 Å². The first kappa shape index (κ1) is 16.7. The maximum atomic E-state index is 12.5. The van der Waals surface area contributed by atoms with Crippen molar-refractivity contribution in [2.45, 2.75) is 64.5 Å². The summed E-state index contributed by atoms with van der Waals surface area (Å²) in [6, 6.07) is 5.87. The topological polar surface area (TPSA) is 71.3 Å². The number of carbonyl (C=O) groups excluding carboxylic acids is 1. The minimum atomic E-state index is -0.147. The number of carbonyl (C=O) groups is 1. The Labute approximate surface area is 143 Å². The van der Waals surface area contributed by atoms with Crippen LogP contribution < -0.4 is 10.6 Å². The molecule has 130 valence electrons. The predicted octanol–water partition coefficient (Wildman–Crippen LogP) is 3.45. The number of nitrogens with zero attached hydrogens (tertiary/aromatic N) is 3. The van der Waals surface area contributed by atoms with Crippen LogP contribution in [0.4, 0.5) is 4.79 Å². The van der Waals surface area contributed by atoms with Crippen LogP contribution in [0.5, 0.6) is 0 Å². The van der Waals surface area contributed by atoms with Gasteiger partial charge in [0.1, 0.15) is 0 Å². The average molecular weight is 329 g/mol. The second-order valence-electron chi connectivity index (χ2n) is 7.12. The highest BCUT2D eigenvalue weighted by Crippen LogP contribution is 2.21.